The van der Waals surface area contributed by atoms with Gasteiger partial charge in [-0.25, -0.2) is 22.9 Å². The van der Waals surface area contributed by atoms with Gasteiger partial charge >= 0.3 is 5.97 Å². The molecule has 7 aromatic rings. The number of carboxylic acids is 1. The van der Waals surface area contributed by atoms with Gasteiger partial charge in [-0.2, -0.15) is 0 Å². The second-order valence-electron chi connectivity index (χ2n) is 12.1. The zero-order valence-electron chi connectivity index (χ0n) is 31.9. The molecule has 0 saturated carbocycles. The second-order valence-corrected chi connectivity index (χ2v) is 12.7. The first kappa shape index (κ1) is 46.1. The Morgan fingerprint density at radius 3 is 1.44 bits per heavy atom. The number of benzene rings is 5. The van der Waals surface area contributed by atoms with Crippen LogP contribution in [-0.4, -0.2) is 43.4 Å². The molecule has 3 amide bonds. The zero-order chi connectivity index (χ0) is 44.1. The summed E-state index contributed by atoms with van der Waals surface area (Å²) in [5, 5.41) is 21.2. The van der Waals surface area contributed by atoms with E-state index < -0.39 is 40.8 Å². The fourth-order valence-corrected chi connectivity index (χ4v) is 5.14. The summed E-state index contributed by atoms with van der Waals surface area (Å²) in [7, 11) is 0. The Balaban J connectivity index is 0.000000185. The number of hydrogen-bond acceptors (Lipinski definition) is 12. The summed E-state index contributed by atoms with van der Waals surface area (Å²) in [6, 6.07) is 30.3. The van der Waals surface area contributed by atoms with E-state index in [9.17, 15) is 32.3 Å². The summed E-state index contributed by atoms with van der Waals surface area (Å²) in [5.41, 5.74) is 20.8. The second kappa shape index (κ2) is 23.7. The lowest BCUT2D eigenvalue weighted by Crippen LogP contribution is -2.15. The van der Waals surface area contributed by atoms with Crippen LogP contribution in [0.5, 0.6) is 0 Å². The quantitative estimate of drug-likeness (QED) is 0.0747. The number of carboxylic acid groups (broad SMARTS) is 1. The number of aromatic nitrogens is 3. The highest BCUT2D eigenvalue weighted by Gasteiger charge is 2.17. The molecule has 10 N–H and O–H groups in total. The van der Waals surface area contributed by atoms with Gasteiger partial charge in [0, 0.05) is 42.1 Å². The molecule has 2 aromatic heterocycles. The van der Waals surface area contributed by atoms with Crippen molar-refractivity contribution in [1.82, 2.24) is 14.6 Å². The van der Waals surface area contributed by atoms with Crippen LogP contribution < -0.4 is 33.2 Å². The lowest BCUT2D eigenvalue weighted by Gasteiger charge is -2.07. The molecular weight excluding hydrogens is 816 g/mol. The van der Waals surface area contributed by atoms with Crippen LogP contribution >= 0.6 is 11.5 Å². The first-order chi connectivity index (χ1) is 29.4. The largest absolute Gasteiger partial charge is 0.476 e. The van der Waals surface area contributed by atoms with Crippen LogP contribution in [0, 0.1) is 17.5 Å². The van der Waals surface area contributed by atoms with Crippen LogP contribution in [0.1, 0.15) is 58.4 Å². The number of amides is 3. The molecule has 0 unspecified atom stereocenters. The van der Waals surface area contributed by atoms with Crippen molar-refractivity contribution in [3.63, 3.8) is 0 Å². The Hall–Kier alpha value is -7.58. The van der Waals surface area contributed by atoms with Crippen LogP contribution in [0.15, 0.2) is 138 Å². The third-order valence-corrected chi connectivity index (χ3v) is 8.40. The van der Waals surface area contributed by atoms with Gasteiger partial charge in [-0.3, -0.25) is 14.4 Å². The van der Waals surface area contributed by atoms with E-state index in [1.54, 1.807) is 66.0 Å². The summed E-state index contributed by atoms with van der Waals surface area (Å²) < 4.78 is 48.2. The number of hydrogen-bond donors (Lipinski definition) is 7. The van der Waals surface area contributed by atoms with E-state index in [4.69, 9.17) is 22.3 Å². The third kappa shape index (κ3) is 14.6. The van der Waals surface area contributed by atoms with Gasteiger partial charge in [0.15, 0.2) is 17.8 Å². The number of rotatable bonds is 10. The molecule has 5 aromatic carbocycles. The maximum atomic E-state index is 13.4. The van der Waals surface area contributed by atoms with Crippen LogP contribution in [-0.2, 0) is 19.6 Å². The number of nitrogens with one attached hydrogen (secondary N) is 3. The van der Waals surface area contributed by atoms with Crippen molar-refractivity contribution in [3.8, 4) is 0 Å². The fourth-order valence-electron chi connectivity index (χ4n) is 4.70. The van der Waals surface area contributed by atoms with E-state index in [0.29, 0.717) is 36.7 Å². The number of oxazole rings is 1. The summed E-state index contributed by atoms with van der Waals surface area (Å²) in [4.78, 5) is 48.5. The van der Waals surface area contributed by atoms with E-state index >= 15 is 0 Å². The molecule has 0 aliphatic carbocycles. The van der Waals surface area contributed by atoms with Crippen molar-refractivity contribution >= 4 is 52.3 Å². The molecule has 0 aliphatic rings. The van der Waals surface area contributed by atoms with Gasteiger partial charge in [-0.15, -0.1) is 5.10 Å². The van der Waals surface area contributed by atoms with Gasteiger partial charge in [-0.05, 0) is 88.9 Å². The summed E-state index contributed by atoms with van der Waals surface area (Å²) in [6.45, 7) is 1.32. The first-order valence-electron chi connectivity index (χ1n) is 17.8. The van der Waals surface area contributed by atoms with Crippen LogP contribution in [0.4, 0.5) is 30.2 Å². The van der Waals surface area contributed by atoms with Gasteiger partial charge in [0.1, 0.15) is 29.3 Å². The zero-order valence-corrected chi connectivity index (χ0v) is 32.7. The average Bonchev–Trinajstić information content (AvgIpc) is 4.02. The lowest BCUT2D eigenvalue weighted by molar-refractivity contribution is 0.0689. The SMILES string of the molecule is NCc1ccc(NC(=O)c2c(F)cccc2F)cc1.NCc1ccc(NC(=O)c2ccccc2F)cc1.NCc1ccc(NC(=O)c2csnn2)cc1.O=C(O)c1cocn1. The van der Waals surface area contributed by atoms with Crippen LogP contribution in [0.25, 0.3) is 0 Å². The molecule has 314 valence electrons. The number of nitrogens with two attached hydrogens (primary N) is 3. The van der Waals surface area contributed by atoms with E-state index in [1.807, 2.05) is 24.3 Å². The van der Waals surface area contributed by atoms with Crippen LogP contribution in [0.2, 0.25) is 0 Å². The van der Waals surface area contributed by atoms with Gasteiger partial charge < -0.3 is 42.7 Å². The molecule has 0 spiro atoms. The molecule has 15 nitrogen and oxygen atoms in total. The average molecular weight is 854 g/mol. The Kier molecular flexibility index (Phi) is 17.9. The standard InChI is InChI=1S/C14H12F2N2O.C14H13FN2O.C10H10N4OS.C4H3NO3/c15-11-2-1-3-12(16)13(11)14(19)18-10-6-4-9(8-17)5-7-10;15-13-4-2-1-3-12(13)14(18)17-11-7-5-10(9-16)6-8-11;11-5-7-1-3-8(4-2-7)12-10(15)9-6-16-14-13-9;6-4(7)3-1-8-2-5-3/h1-7H,8,17H2,(H,18,19);1-8H,9,16H2,(H,17,18);1-4,6H,5,11H2,(H,12,15);1-2H,(H,6,7). The predicted octanol–water partition coefficient (Wildman–Crippen LogP) is 6.83. The maximum absolute atomic E-state index is 13.4. The number of aromatic carboxylic acids is 1. The van der Waals surface area contributed by atoms with E-state index in [0.717, 1.165) is 58.7 Å². The lowest BCUT2D eigenvalue weighted by atomic mass is 10.1. The van der Waals surface area contributed by atoms with Gasteiger partial charge in [-0.1, -0.05) is 59.1 Å². The molecular formula is C42H38F3N9O6S. The number of carbonyl (C=O) groups excluding carboxylic acids is 3. The minimum absolute atomic E-state index is 0.0281. The molecule has 19 heteroatoms. The highest BCUT2D eigenvalue weighted by Crippen LogP contribution is 2.17. The molecule has 0 radical (unpaired) electrons. The molecule has 0 atom stereocenters. The number of carbonyl (C=O) groups is 4. The number of anilines is 3. The summed E-state index contributed by atoms with van der Waals surface area (Å²) in [6.07, 6.45) is 2.14. The monoisotopic (exact) mass is 853 g/mol. The minimum atomic E-state index is -1.07. The topological polar surface area (TPSA) is 254 Å². The van der Waals surface area contributed by atoms with Crippen molar-refractivity contribution in [2.45, 2.75) is 19.6 Å². The third-order valence-electron chi connectivity index (χ3n) is 7.89. The van der Waals surface area contributed by atoms with Gasteiger partial charge in [0.25, 0.3) is 17.7 Å². The fraction of sp³-hybridized carbons (Fsp3) is 0.0714. The van der Waals surface area contributed by atoms with Crippen molar-refractivity contribution < 1.29 is 41.9 Å². The normalized spacial score (nSPS) is 10.0. The van der Waals surface area contributed by atoms with Crippen molar-refractivity contribution in [3.05, 3.63) is 190 Å². The highest BCUT2D eigenvalue weighted by molar-refractivity contribution is 7.03. The van der Waals surface area contributed by atoms with Crippen molar-refractivity contribution in [1.29, 1.82) is 0 Å². The molecule has 2 heterocycles. The first-order valence-corrected chi connectivity index (χ1v) is 18.6. The highest BCUT2D eigenvalue weighted by atomic mass is 32.1. The Morgan fingerprint density at radius 2 is 1.05 bits per heavy atom. The number of nitrogens with zero attached hydrogens (tertiary/aromatic N) is 3. The predicted molar refractivity (Wildman–Crippen MR) is 223 cm³/mol. The van der Waals surface area contributed by atoms with Crippen molar-refractivity contribution in [2.24, 2.45) is 17.2 Å². The van der Waals surface area contributed by atoms with Gasteiger partial charge in [0.05, 0.1) is 5.56 Å². The Bertz CT molecular complexity index is 2450. The molecule has 7 rings (SSSR count). The maximum Gasteiger partial charge on any atom is 0.357 e. The summed E-state index contributed by atoms with van der Waals surface area (Å²) >= 11 is 1.15. The van der Waals surface area contributed by atoms with Crippen molar-refractivity contribution in [2.75, 3.05) is 16.0 Å². The van der Waals surface area contributed by atoms with E-state index in [1.165, 1.54) is 18.2 Å². The molecule has 0 bridgehead atoms. The Labute approximate surface area is 350 Å². The molecule has 0 aliphatic heterocycles. The number of halogens is 3. The Morgan fingerprint density at radius 1 is 0.590 bits per heavy atom. The smallest absolute Gasteiger partial charge is 0.357 e. The molecule has 0 fully saturated rings. The van der Waals surface area contributed by atoms with Crippen LogP contribution in [0.3, 0.4) is 0 Å². The van der Waals surface area contributed by atoms with Gasteiger partial charge in [0.2, 0.25) is 0 Å². The molecule has 61 heavy (non-hydrogen) atoms. The molecule has 0 saturated heterocycles. The van der Waals surface area contributed by atoms with E-state index in [2.05, 4.69) is 34.9 Å². The summed E-state index contributed by atoms with van der Waals surface area (Å²) in [5.74, 6) is -4.93. The minimum Gasteiger partial charge on any atom is -0.476 e. The van der Waals surface area contributed by atoms with E-state index in [-0.39, 0.29) is 17.2 Å².